The van der Waals surface area contributed by atoms with E-state index in [2.05, 4.69) is 27.1 Å². The third-order valence-corrected chi connectivity index (χ3v) is 4.66. The topological polar surface area (TPSA) is 125 Å². The first-order valence-corrected chi connectivity index (χ1v) is 9.29. The predicted octanol–water partition coefficient (Wildman–Crippen LogP) is 2.56. The number of ether oxygens (including phenoxy) is 1. The van der Waals surface area contributed by atoms with Gasteiger partial charge in [-0.05, 0) is 48.9 Å². The lowest BCUT2D eigenvalue weighted by molar-refractivity contribution is -0.134. The molecule has 0 fully saturated rings. The van der Waals surface area contributed by atoms with E-state index in [1.54, 1.807) is 43.6 Å². The number of aliphatic hydroxyl groups is 1. The van der Waals surface area contributed by atoms with E-state index < -0.39 is 17.3 Å². The Labute approximate surface area is 176 Å². The second-order valence-electron chi connectivity index (χ2n) is 6.71. The van der Waals surface area contributed by atoms with E-state index in [0.29, 0.717) is 22.5 Å². The Hall–Kier alpha value is -4.35. The molecular weight excluding hydrogens is 398 g/mol. The Morgan fingerprint density at radius 3 is 2.94 bits per heavy atom. The number of aromatic nitrogens is 2. The van der Waals surface area contributed by atoms with Crippen molar-refractivity contribution >= 4 is 34.5 Å². The fraction of sp³-hybridized carbons (Fsp3) is 0.0870. The summed E-state index contributed by atoms with van der Waals surface area (Å²) in [4.78, 5) is 31.7. The monoisotopic (exact) mass is 415 g/mol. The van der Waals surface area contributed by atoms with Gasteiger partial charge in [0.15, 0.2) is 11.3 Å². The maximum atomic E-state index is 12.7. The zero-order valence-electron chi connectivity index (χ0n) is 16.4. The summed E-state index contributed by atoms with van der Waals surface area (Å²) in [5.41, 5.74) is 2.84. The maximum absolute atomic E-state index is 12.7. The summed E-state index contributed by atoms with van der Waals surface area (Å²) in [6.45, 7) is 1.56. The smallest absolute Gasteiger partial charge is 0.345 e. The number of carbonyl (C=O) groups excluding carboxylic acids is 1. The number of hydrogen-bond acceptors (Lipinski definition) is 6. The van der Waals surface area contributed by atoms with E-state index in [0.717, 1.165) is 10.9 Å². The summed E-state index contributed by atoms with van der Waals surface area (Å²) in [6.07, 6.45) is 4.80. The van der Waals surface area contributed by atoms with Gasteiger partial charge < -0.3 is 25.3 Å². The molecule has 8 nitrogen and oxygen atoms in total. The van der Waals surface area contributed by atoms with Crippen molar-refractivity contribution in [3.8, 4) is 11.8 Å². The average Bonchev–Trinajstić information content (AvgIpc) is 3.29. The Kier molecular flexibility index (Phi) is 5.26. The van der Waals surface area contributed by atoms with Crippen molar-refractivity contribution in [2.24, 2.45) is 0 Å². The van der Waals surface area contributed by atoms with Gasteiger partial charge in [-0.2, -0.15) is 0 Å². The van der Waals surface area contributed by atoms with Crippen LogP contribution in [0.3, 0.4) is 0 Å². The van der Waals surface area contributed by atoms with E-state index >= 15 is 0 Å². The number of allylic oxidation sites excluding steroid dienone is 1. The van der Waals surface area contributed by atoms with Crippen LogP contribution in [0.5, 0.6) is 0 Å². The van der Waals surface area contributed by atoms with Crippen molar-refractivity contribution in [1.29, 1.82) is 0 Å². The number of rotatable bonds is 4. The molecule has 4 N–H and O–H groups in total. The number of ketones is 1. The molecule has 8 heteroatoms. The van der Waals surface area contributed by atoms with Gasteiger partial charge in [0.05, 0.1) is 0 Å². The quantitative estimate of drug-likeness (QED) is 0.293. The van der Waals surface area contributed by atoms with Crippen LogP contribution in [0.1, 0.15) is 16.7 Å². The number of aliphatic carboxylic acids is 1. The van der Waals surface area contributed by atoms with Gasteiger partial charge in [-0.25, -0.2) is 9.78 Å². The van der Waals surface area contributed by atoms with Gasteiger partial charge in [-0.3, -0.25) is 4.79 Å². The molecule has 4 rings (SSSR count). The zero-order valence-corrected chi connectivity index (χ0v) is 16.4. The lowest BCUT2D eigenvalue weighted by atomic mass is 10.1. The van der Waals surface area contributed by atoms with E-state index in [1.165, 1.54) is 6.08 Å². The van der Waals surface area contributed by atoms with Gasteiger partial charge >= 0.3 is 5.97 Å². The number of carboxylic acids is 1. The molecule has 1 aliphatic heterocycles. The molecule has 0 saturated carbocycles. The first-order valence-electron chi connectivity index (χ1n) is 9.29. The molecule has 3 heterocycles. The first-order chi connectivity index (χ1) is 15.0. The van der Waals surface area contributed by atoms with Crippen molar-refractivity contribution in [3.05, 3.63) is 76.6 Å². The number of nitrogens with zero attached hydrogens (tertiary/aromatic N) is 1. The molecule has 0 radical (unpaired) electrons. The molecule has 0 spiro atoms. The van der Waals surface area contributed by atoms with Gasteiger partial charge in [-0.1, -0.05) is 11.8 Å². The van der Waals surface area contributed by atoms with Gasteiger partial charge in [0.25, 0.3) is 0 Å². The number of hydrogen-bond donors (Lipinski definition) is 4. The molecule has 3 aromatic rings. The highest BCUT2D eigenvalue weighted by Crippen LogP contribution is 2.30. The Morgan fingerprint density at radius 1 is 1.35 bits per heavy atom. The molecule has 154 valence electrons. The van der Waals surface area contributed by atoms with Crippen LogP contribution in [0.15, 0.2) is 59.9 Å². The van der Waals surface area contributed by atoms with Crippen molar-refractivity contribution < 1.29 is 24.5 Å². The summed E-state index contributed by atoms with van der Waals surface area (Å²) < 4.78 is 5.63. The number of aryl methyl sites for hydroxylation is 1. The zero-order chi connectivity index (χ0) is 22.0. The first kappa shape index (κ1) is 19.9. The van der Waals surface area contributed by atoms with E-state index in [4.69, 9.17) is 9.84 Å². The number of nitrogens with one attached hydrogen (secondary N) is 2. The number of aliphatic hydroxyl groups excluding tert-OH is 1. The summed E-state index contributed by atoms with van der Waals surface area (Å²) in [5, 5.41) is 22.1. The summed E-state index contributed by atoms with van der Waals surface area (Å²) in [5.74, 6) is 2.99. The van der Waals surface area contributed by atoms with E-state index in [-0.39, 0.29) is 18.2 Å². The lowest BCUT2D eigenvalue weighted by Crippen LogP contribution is -2.12. The third-order valence-electron chi connectivity index (χ3n) is 4.66. The number of aromatic amines is 1. The number of fused-ring (bicyclic) bond motifs is 1. The standard InChI is InChI=1S/C23H17N3O5/c1-13-10-14(4-3-9-27)6-7-17(13)26-22-19(23(29)30)20(28)18(31-22)11-15-12-25-21-16(15)5-2-8-24-21/h2,5-8,10-12,26-27H,9H2,1H3,(H,24,25)(H,29,30). The minimum atomic E-state index is -1.39. The van der Waals surface area contributed by atoms with E-state index in [1.807, 2.05) is 6.07 Å². The molecule has 0 saturated heterocycles. The molecule has 31 heavy (non-hydrogen) atoms. The largest absolute Gasteiger partial charge is 0.477 e. The summed E-state index contributed by atoms with van der Waals surface area (Å²) >= 11 is 0. The third kappa shape index (κ3) is 3.90. The summed E-state index contributed by atoms with van der Waals surface area (Å²) in [6, 6.07) is 8.79. The van der Waals surface area contributed by atoms with Crippen LogP contribution in [-0.4, -0.2) is 38.5 Å². The molecular formula is C23H17N3O5. The predicted molar refractivity (Wildman–Crippen MR) is 114 cm³/mol. The maximum Gasteiger partial charge on any atom is 0.345 e. The van der Waals surface area contributed by atoms with Gasteiger partial charge in [-0.15, -0.1) is 0 Å². The van der Waals surface area contributed by atoms with Gasteiger partial charge in [0, 0.05) is 34.6 Å². The highest BCUT2D eigenvalue weighted by molar-refractivity contribution is 6.26. The second kappa shape index (κ2) is 8.18. The van der Waals surface area contributed by atoms with Crippen LogP contribution in [0, 0.1) is 18.8 Å². The fourth-order valence-corrected chi connectivity index (χ4v) is 3.19. The number of Topliss-reactive ketones (excluding diaryl/α,β-unsaturated/α-hetero) is 1. The van der Waals surface area contributed by atoms with Crippen LogP contribution < -0.4 is 5.32 Å². The minimum Gasteiger partial charge on any atom is -0.477 e. The number of carboxylic acid groups (broad SMARTS) is 1. The van der Waals surface area contributed by atoms with Crippen molar-refractivity contribution in [1.82, 2.24) is 9.97 Å². The van der Waals surface area contributed by atoms with Crippen LogP contribution in [0.4, 0.5) is 5.69 Å². The second-order valence-corrected chi connectivity index (χ2v) is 6.71. The van der Waals surface area contributed by atoms with Crippen LogP contribution in [0.25, 0.3) is 17.1 Å². The SMILES string of the molecule is Cc1cc(C#CCO)ccc1NC1=C(C(=O)O)C(=O)C(=Cc2c[nH]c3ncccc23)O1. The molecule has 0 atom stereocenters. The highest BCUT2D eigenvalue weighted by Gasteiger charge is 2.36. The Bertz CT molecular complexity index is 1340. The normalized spacial score (nSPS) is 14.5. The number of pyridine rings is 1. The van der Waals surface area contributed by atoms with Crippen molar-refractivity contribution in [2.45, 2.75) is 6.92 Å². The van der Waals surface area contributed by atoms with Crippen molar-refractivity contribution in [3.63, 3.8) is 0 Å². The molecule has 1 aromatic carbocycles. The molecule has 0 bridgehead atoms. The highest BCUT2D eigenvalue weighted by atomic mass is 16.5. The molecule has 0 amide bonds. The van der Waals surface area contributed by atoms with Gasteiger partial charge in [0.1, 0.15) is 12.3 Å². The number of anilines is 1. The van der Waals surface area contributed by atoms with E-state index in [9.17, 15) is 14.7 Å². The van der Waals surface area contributed by atoms with Crippen LogP contribution in [0.2, 0.25) is 0 Å². The molecule has 0 unspecified atom stereocenters. The Balaban J connectivity index is 1.66. The molecule has 0 aliphatic carbocycles. The molecule has 2 aromatic heterocycles. The van der Waals surface area contributed by atoms with Crippen molar-refractivity contribution in [2.75, 3.05) is 11.9 Å². The number of benzene rings is 1. The molecule has 1 aliphatic rings. The fourth-order valence-electron chi connectivity index (χ4n) is 3.19. The number of H-pyrrole nitrogens is 1. The lowest BCUT2D eigenvalue weighted by Gasteiger charge is -2.11. The number of carbonyl (C=O) groups is 2. The Morgan fingerprint density at radius 2 is 2.19 bits per heavy atom. The van der Waals surface area contributed by atoms with Crippen LogP contribution >= 0.6 is 0 Å². The average molecular weight is 415 g/mol. The van der Waals surface area contributed by atoms with Gasteiger partial charge in [0.2, 0.25) is 11.7 Å². The van der Waals surface area contributed by atoms with Crippen LogP contribution in [-0.2, 0) is 14.3 Å². The summed E-state index contributed by atoms with van der Waals surface area (Å²) in [7, 11) is 0. The minimum absolute atomic E-state index is 0.104.